The highest BCUT2D eigenvalue weighted by molar-refractivity contribution is 5.08. The molecule has 2 N–H and O–H groups in total. The summed E-state index contributed by atoms with van der Waals surface area (Å²) in [5.41, 5.74) is 2.25. The lowest BCUT2D eigenvalue weighted by Gasteiger charge is -2.31. The second kappa shape index (κ2) is 3.71. The third kappa shape index (κ3) is 1.96. The average Bonchev–Trinajstić information content (AvgIpc) is 2.39. The number of aryl methyl sites for hydroxylation is 2. The molecule has 4 nitrogen and oxygen atoms in total. The van der Waals surface area contributed by atoms with Gasteiger partial charge in [0, 0.05) is 25.3 Å². The second-order valence-corrected chi connectivity index (χ2v) is 4.10. The number of hydrogen-bond acceptors (Lipinski definition) is 3. The molecule has 1 aromatic rings. The molecule has 0 unspecified atom stereocenters. The van der Waals surface area contributed by atoms with Crippen molar-refractivity contribution in [3.63, 3.8) is 0 Å². The molecule has 0 aliphatic heterocycles. The fourth-order valence-corrected chi connectivity index (χ4v) is 1.72. The second-order valence-electron chi connectivity index (χ2n) is 4.10. The largest absolute Gasteiger partial charge is 0.393 e. The summed E-state index contributed by atoms with van der Waals surface area (Å²) in [5.74, 6) is 0. The Morgan fingerprint density at radius 3 is 2.86 bits per heavy atom. The summed E-state index contributed by atoms with van der Waals surface area (Å²) in [7, 11) is 1.95. The van der Waals surface area contributed by atoms with Crippen LogP contribution in [0.1, 0.15) is 24.2 Å². The number of nitrogens with zero attached hydrogens (tertiary/aromatic N) is 2. The van der Waals surface area contributed by atoms with Crippen molar-refractivity contribution in [3.05, 3.63) is 17.5 Å². The van der Waals surface area contributed by atoms with E-state index in [2.05, 4.69) is 16.5 Å². The maximum absolute atomic E-state index is 9.10. The molecule has 0 radical (unpaired) electrons. The molecular formula is C10H17N3O. The van der Waals surface area contributed by atoms with Gasteiger partial charge in [0.2, 0.25) is 0 Å². The lowest BCUT2D eigenvalue weighted by molar-refractivity contribution is 0.0618. The molecule has 1 fully saturated rings. The SMILES string of the molecule is Cc1cc(CNC2CC(O)C2)nn1C. The normalized spacial score (nSPS) is 26.2. The molecule has 0 amide bonds. The first-order chi connectivity index (χ1) is 6.65. The van der Waals surface area contributed by atoms with Crippen molar-refractivity contribution in [2.24, 2.45) is 7.05 Å². The number of aliphatic hydroxyl groups is 1. The molecule has 14 heavy (non-hydrogen) atoms. The molecule has 0 atom stereocenters. The molecule has 1 aromatic heterocycles. The van der Waals surface area contributed by atoms with E-state index in [0.717, 1.165) is 25.1 Å². The van der Waals surface area contributed by atoms with Crippen LogP contribution in [0.4, 0.5) is 0 Å². The zero-order valence-electron chi connectivity index (χ0n) is 8.70. The van der Waals surface area contributed by atoms with Gasteiger partial charge in [-0.3, -0.25) is 4.68 Å². The first kappa shape index (κ1) is 9.68. The van der Waals surface area contributed by atoms with Crippen LogP contribution in [0.25, 0.3) is 0 Å². The summed E-state index contributed by atoms with van der Waals surface area (Å²) < 4.78 is 1.88. The average molecular weight is 195 g/mol. The van der Waals surface area contributed by atoms with Gasteiger partial charge in [0.1, 0.15) is 0 Å². The zero-order valence-corrected chi connectivity index (χ0v) is 8.70. The van der Waals surface area contributed by atoms with E-state index in [1.165, 1.54) is 5.69 Å². The van der Waals surface area contributed by atoms with Gasteiger partial charge < -0.3 is 10.4 Å². The fraction of sp³-hybridized carbons (Fsp3) is 0.700. The van der Waals surface area contributed by atoms with Crippen molar-refractivity contribution in [3.8, 4) is 0 Å². The molecule has 0 saturated heterocycles. The van der Waals surface area contributed by atoms with Crippen LogP contribution in [0.2, 0.25) is 0 Å². The van der Waals surface area contributed by atoms with E-state index < -0.39 is 0 Å². The number of hydrogen-bond donors (Lipinski definition) is 2. The maximum atomic E-state index is 9.10. The van der Waals surface area contributed by atoms with Gasteiger partial charge >= 0.3 is 0 Å². The van der Waals surface area contributed by atoms with Gasteiger partial charge in [-0.2, -0.15) is 5.10 Å². The van der Waals surface area contributed by atoms with E-state index in [1.54, 1.807) is 0 Å². The lowest BCUT2D eigenvalue weighted by Crippen LogP contribution is -2.43. The summed E-state index contributed by atoms with van der Waals surface area (Å²) in [6.07, 6.45) is 1.68. The van der Waals surface area contributed by atoms with E-state index in [4.69, 9.17) is 5.11 Å². The van der Waals surface area contributed by atoms with Crippen LogP contribution in [0.15, 0.2) is 6.07 Å². The molecule has 1 saturated carbocycles. The Hall–Kier alpha value is -0.870. The molecule has 2 rings (SSSR count). The van der Waals surface area contributed by atoms with Gasteiger partial charge in [0.15, 0.2) is 0 Å². The van der Waals surface area contributed by atoms with Crippen LogP contribution in [-0.2, 0) is 13.6 Å². The molecule has 1 aliphatic rings. The Bertz CT molecular complexity index is 296. The van der Waals surface area contributed by atoms with E-state index >= 15 is 0 Å². The Labute approximate surface area is 83.9 Å². The van der Waals surface area contributed by atoms with Gasteiger partial charge in [0.25, 0.3) is 0 Å². The third-order valence-corrected chi connectivity index (χ3v) is 2.85. The minimum Gasteiger partial charge on any atom is -0.393 e. The standard InChI is InChI=1S/C10H17N3O/c1-7-3-9(12-13(7)2)6-11-8-4-10(14)5-8/h3,8,10-11,14H,4-6H2,1-2H3. The lowest BCUT2D eigenvalue weighted by atomic mass is 9.89. The van der Waals surface area contributed by atoms with Crippen molar-refractivity contribution >= 4 is 0 Å². The molecule has 1 heterocycles. The first-order valence-electron chi connectivity index (χ1n) is 5.06. The molecule has 0 bridgehead atoms. The third-order valence-electron chi connectivity index (χ3n) is 2.85. The van der Waals surface area contributed by atoms with Crippen molar-refractivity contribution in [2.45, 2.75) is 38.5 Å². The topological polar surface area (TPSA) is 50.1 Å². The predicted molar refractivity (Wildman–Crippen MR) is 53.8 cm³/mol. The Morgan fingerprint density at radius 1 is 1.64 bits per heavy atom. The van der Waals surface area contributed by atoms with Gasteiger partial charge in [-0.25, -0.2) is 0 Å². The maximum Gasteiger partial charge on any atom is 0.0765 e. The Kier molecular flexibility index (Phi) is 2.56. The molecule has 78 valence electrons. The minimum atomic E-state index is -0.0852. The smallest absolute Gasteiger partial charge is 0.0765 e. The summed E-state index contributed by atoms with van der Waals surface area (Å²) >= 11 is 0. The van der Waals surface area contributed by atoms with Crippen LogP contribution in [0.3, 0.4) is 0 Å². The van der Waals surface area contributed by atoms with Crippen molar-refractivity contribution in [1.82, 2.24) is 15.1 Å². The number of nitrogens with one attached hydrogen (secondary N) is 1. The number of aliphatic hydroxyl groups excluding tert-OH is 1. The first-order valence-corrected chi connectivity index (χ1v) is 5.06. The molecule has 1 aliphatic carbocycles. The molecule has 0 spiro atoms. The van der Waals surface area contributed by atoms with Gasteiger partial charge in [0.05, 0.1) is 11.8 Å². The van der Waals surface area contributed by atoms with Crippen LogP contribution in [0.5, 0.6) is 0 Å². The quantitative estimate of drug-likeness (QED) is 0.731. The van der Waals surface area contributed by atoms with Crippen LogP contribution in [0, 0.1) is 6.92 Å². The van der Waals surface area contributed by atoms with E-state index in [1.807, 2.05) is 18.7 Å². The fourth-order valence-electron chi connectivity index (χ4n) is 1.72. The highest BCUT2D eigenvalue weighted by Gasteiger charge is 2.26. The summed E-state index contributed by atoms with van der Waals surface area (Å²) in [5, 5.41) is 16.8. The zero-order chi connectivity index (χ0) is 10.1. The van der Waals surface area contributed by atoms with Gasteiger partial charge in [-0.1, -0.05) is 0 Å². The van der Waals surface area contributed by atoms with Crippen molar-refractivity contribution < 1.29 is 5.11 Å². The molecular weight excluding hydrogens is 178 g/mol. The summed E-state index contributed by atoms with van der Waals surface area (Å²) in [6, 6.07) is 2.56. The minimum absolute atomic E-state index is 0.0852. The van der Waals surface area contributed by atoms with Gasteiger partial charge in [-0.05, 0) is 25.8 Å². The van der Waals surface area contributed by atoms with Crippen LogP contribution >= 0.6 is 0 Å². The van der Waals surface area contributed by atoms with Crippen LogP contribution in [-0.4, -0.2) is 27.0 Å². The van der Waals surface area contributed by atoms with E-state index in [9.17, 15) is 0 Å². The van der Waals surface area contributed by atoms with Crippen LogP contribution < -0.4 is 5.32 Å². The molecule has 4 heteroatoms. The van der Waals surface area contributed by atoms with Crippen molar-refractivity contribution in [1.29, 1.82) is 0 Å². The highest BCUT2D eigenvalue weighted by atomic mass is 16.3. The Morgan fingerprint density at radius 2 is 2.36 bits per heavy atom. The molecule has 0 aromatic carbocycles. The van der Waals surface area contributed by atoms with E-state index in [0.29, 0.717) is 6.04 Å². The summed E-state index contributed by atoms with van der Waals surface area (Å²) in [4.78, 5) is 0. The Balaban J connectivity index is 1.80. The van der Waals surface area contributed by atoms with E-state index in [-0.39, 0.29) is 6.10 Å². The summed E-state index contributed by atoms with van der Waals surface area (Å²) in [6.45, 7) is 2.85. The highest BCUT2D eigenvalue weighted by Crippen LogP contribution is 2.19. The monoisotopic (exact) mass is 195 g/mol. The predicted octanol–water partition coefficient (Wildman–Crippen LogP) is 0.341. The van der Waals surface area contributed by atoms with Gasteiger partial charge in [-0.15, -0.1) is 0 Å². The number of aromatic nitrogens is 2. The number of rotatable bonds is 3. The van der Waals surface area contributed by atoms with Crippen molar-refractivity contribution in [2.75, 3.05) is 0 Å².